The van der Waals surface area contributed by atoms with E-state index in [0.717, 1.165) is 63.2 Å². The molecule has 0 bridgehead atoms. The molecule has 0 radical (unpaired) electrons. The molecule has 1 fully saturated rings. The summed E-state index contributed by atoms with van der Waals surface area (Å²) in [5.41, 5.74) is 1.07. The second-order valence-corrected chi connectivity index (χ2v) is 9.06. The number of ether oxygens (including phenoxy) is 1. The van der Waals surface area contributed by atoms with Crippen molar-refractivity contribution in [2.24, 2.45) is 5.92 Å². The van der Waals surface area contributed by atoms with Crippen LogP contribution in [0.5, 0.6) is 0 Å². The number of unbranched alkanes of at least 4 members (excludes halogenated alkanes) is 1. The quantitative estimate of drug-likeness (QED) is 0.714. The van der Waals surface area contributed by atoms with E-state index in [9.17, 15) is 4.79 Å². The van der Waals surface area contributed by atoms with E-state index >= 15 is 0 Å². The van der Waals surface area contributed by atoms with E-state index < -0.39 is 0 Å². The molecule has 1 aromatic heterocycles. The van der Waals surface area contributed by atoms with Gasteiger partial charge >= 0.3 is 0 Å². The van der Waals surface area contributed by atoms with Gasteiger partial charge in [0.15, 0.2) is 0 Å². The summed E-state index contributed by atoms with van der Waals surface area (Å²) in [6, 6.07) is 2.08. The van der Waals surface area contributed by atoms with Crippen LogP contribution in [0.25, 0.3) is 0 Å². The van der Waals surface area contributed by atoms with E-state index in [1.165, 1.54) is 10.4 Å². The highest BCUT2D eigenvalue weighted by Crippen LogP contribution is 2.44. The molecular formula is C20H32N2O3S. The van der Waals surface area contributed by atoms with E-state index in [2.05, 4.69) is 30.1 Å². The van der Waals surface area contributed by atoms with Crippen LogP contribution in [0, 0.1) is 5.92 Å². The SMILES string of the molecule is CC(C)CN1CCC2(CC1)OCCc1sc(C(=O)NCCCCO)cc12. The smallest absolute Gasteiger partial charge is 0.261 e. The minimum Gasteiger partial charge on any atom is -0.396 e. The summed E-state index contributed by atoms with van der Waals surface area (Å²) in [5.74, 6) is 0.698. The molecule has 2 aliphatic rings. The number of carbonyl (C=O) groups is 1. The zero-order chi connectivity index (χ0) is 18.6. The molecule has 146 valence electrons. The van der Waals surface area contributed by atoms with E-state index in [0.29, 0.717) is 12.5 Å². The maximum absolute atomic E-state index is 12.5. The predicted octanol–water partition coefficient (Wildman–Crippen LogP) is 2.77. The third kappa shape index (κ3) is 4.47. The fraction of sp³-hybridized carbons (Fsp3) is 0.750. The Morgan fingerprint density at radius 3 is 2.85 bits per heavy atom. The minimum atomic E-state index is -0.188. The first kappa shape index (κ1) is 19.8. The molecule has 0 unspecified atom stereocenters. The number of carbonyl (C=O) groups excluding carboxylic acids is 1. The van der Waals surface area contributed by atoms with Crippen molar-refractivity contribution in [2.75, 3.05) is 39.4 Å². The molecule has 1 spiro atoms. The van der Waals surface area contributed by atoms with Gasteiger partial charge in [0.1, 0.15) is 0 Å². The van der Waals surface area contributed by atoms with Crippen molar-refractivity contribution >= 4 is 17.2 Å². The molecule has 6 heteroatoms. The molecule has 5 nitrogen and oxygen atoms in total. The van der Waals surface area contributed by atoms with Crippen LogP contribution in [0.4, 0.5) is 0 Å². The van der Waals surface area contributed by atoms with E-state index in [4.69, 9.17) is 9.84 Å². The number of nitrogens with one attached hydrogen (secondary N) is 1. The molecule has 26 heavy (non-hydrogen) atoms. The number of hydrogen-bond acceptors (Lipinski definition) is 5. The van der Waals surface area contributed by atoms with Crippen molar-refractivity contribution < 1.29 is 14.6 Å². The average molecular weight is 381 g/mol. The van der Waals surface area contributed by atoms with E-state index in [1.54, 1.807) is 11.3 Å². The van der Waals surface area contributed by atoms with Crippen LogP contribution in [0.3, 0.4) is 0 Å². The summed E-state index contributed by atoms with van der Waals surface area (Å²) in [6.07, 6.45) is 4.48. The third-order valence-electron chi connectivity index (χ3n) is 5.39. The van der Waals surface area contributed by atoms with Gasteiger partial charge in [-0.05, 0) is 43.2 Å². The molecule has 1 aromatic rings. The number of hydrogen-bond donors (Lipinski definition) is 2. The first-order valence-electron chi connectivity index (χ1n) is 9.92. The number of fused-ring (bicyclic) bond motifs is 2. The van der Waals surface area contributed by atoms with Gasteiger partial charge in [-0.15, -0.1) is 11.3 Å². The Bertz CT molecular complexity index is 606. The summed E-state index contributed by atoms with van der Waals surface area (Å²) in [7, 11) is 0. The Labute approximate surface area is 160 Å². The summed E-state index contributed by atoms with van der Waals surface area (Å²) in [5, 5.41) is 11.8. The monoisotopic (exact) mass is 380 g/mol. The van der Waals surface area contributed by atoms with E-state index in [-0.39, 0.29) is 18.1 Å². The van der Waals surface area contributed by atoms with Crippen molar-refractivity contribution in [1.29, 1.82) is 0 Å². The van der Waals surface area contributed by atoms with Crippen molar-refractivity contribution in [3.63, 3.8) is 0 Å². The van der Waals surface area contributed by atoms with Gasteiger partial charge < -0.3 is 20.1 Å². The molecule has 1 amide bonds. The Morgan fingerprint density at radius 2 is 2.15 bits per heavy atom. The lowest BCUT2D eigenvalue weighted by molar-refractivity contribution is -0.0979. The van der Waals surface area contributed by atoms with Crippen LogP contribution in [0.2, 0.25) is 0 Å². The summed E-state index contributed by atoms with van der Waals surface area (Å²) >= 11 is 1.63. The van der Waals surface area contributed by atoms with Crippen molar-refractivity contribution in [2.45, 2.75) is 51.6 Å². The maximum atomic E-state index is 12.5. The third-order valence-corrected chi connectivity index (χ3v) is 6.58. The Balaban J connectivity index is 1.67. The van der Waals surface area contributed by atoms with Crippen molar-refractivity contribution in [1.82, 2.24) is 10.2 Å². The summed E-state index contributed by atoms with van der Waals surface area (Å²) in [6.45, 7) is 9.37. The normalized spacial score (nSPS) is 19.7. The number of piperidine rings is 1. The average Bonchev–Trinajstić information content (AvgIpc) is 3.06. The standard InChI is InChI=1S/C20H32N2O3S/c1-15(2)14-22-9-6-20(7-10-22)16-13-18(26-17(16)5-12-25-20)19(24)21-8-3-4-11-23/h13,15,23H,3-12,14H2,1-2H3,(H,21,24). The van der Waals surface area contributed by atoms with Crippen LogP contribution in [-0.4, -0.2) is 55.3 Å². The molecular weight excluding hydrogens is 348 g/mol. The second-order valence-electron chi connectivity index (χ2n) is 7.92. The number of thiophene rings is 1. The Kier molecular flexibility index (Phi) is 6.72. The van der Waals surface area contributed by atoms with Gasteiger partial charge in [0.25, 0.3) is 5.91 Å². The summed E-state index contributed by atoms with van der Waals surface area (Å²) in [4.78, 5) is 17.1. The lowest BCUT2D eigenvalue weighted by Crippen LogP contribution is -2.47. The molecule has 3 heterocycles. The molecule has 0 atom stereocenters. The topological polar surface area (TPSA) is 61.8 Å². The molecule has 0 aliphatic carbocycles. The lowest BCUT2D eigenvalue weighted by Gasteiger charge is -2.44. The van der Waals surface area contributed by atoms with Crippen LogP contribution in [-0.2, 0) is 16.8 Å². The number of aliphatic hydroxyl groups is 1. The fourth-order valence-electron chi connectivity index (χ4n) is 4.08. The minimum absolute atomic E-state index is 0.00901. The Hall–Kier alpha value is -0.950. The molecule has 1 saturated heterocycles. The zero-order valence-electron chi connectivity index (χ0n) is 16.1. The van der Waals surface area contributed by atoms with Gasteiger partial charge in [0.2, 0.25) is 0 Å². The number of likely N-dealkylation sites (tertiary alicyclic amines) is 1. The Morgan fingerprint density at radius 1 is 1.38 bits per heavy atom. The van der Waals surface area contributed by atoms with E-state index in [1.807, 2.05) is 0 Å². The fourth-order valence-corrected chi connectivity index (χ4v) is 5.23. The number of amides is 1. The largest absolute Gasteiger partial charge is 0.396 e. The van der Waals surface area contributed by atoms with Gasteiger partial charge in [-0.25, -0.2) is 0 Å². The first-order valence-corrected chi connectivity index (χ1v) is 10.7. The van der Waals surface area contributed by atoms with Gasteiger partial charge in [-0.1, -0.05) is 13.8 Å². The maximum Gasteiger partial charge on any atom is 0.261 e. The molecule has 0 aromatic carbocycles. The van der Waals surface area contributed by atoms with Crippen LogP contribution < -0.4 is 5.32 Å². The number of aliphatic hydroxyl groups excluding tert-OH is 1. The van der Waals surface area contributed by atoms with Crippen LogP contribution in [0.15, 0.2) is 6.07 Å². The second kappa shape index (κ2) is 8.83. The molecule has 2 aliphatic heterocycles. The first-order chi connectivity index (χ1) is 12.5. The highest BCUT2D eigenvalue weighted by Gasteiger charge is 2.42. The number of nitrogens with zero attached hydrogens (tertiary/aromatic N) is 1. The predicted molar refractivity (Wildman–Crippen MR) is 105 cm³/mol. The summed E-state index contributed by atoms with van der Waals surface area (Å²) < 4.78 is 6.31. The highest BCUT2D eigenvalue weighted by molar-refractivity contribution is 7.14. The van der Waals surface area contributed by atoms with Crippen molar-refractivity contribution in [3.05, 3.63) is 21.4 Å². The van der Waals surface area contributed by atoms with Gasteiger partial charge in [-0.2, -0.15) is 0 Å². The van der Waals surface area contributed by atoms with Gasteiger partial charge in [0, 0.05) is 44.1 Å². The van der Waals surface area contributed by atoms with Gasteiger partial charge in [0.05, 0.1) is 17.1 Å². The van der Waals surface area contributed by atoms with Crippen LogP contribution >= 0.6 is 11.3 Å². The number of rotatable bonds is 7. The van der Waals surface area contributed by atoms with Crippen LogP contribution in [0.1, 0.15) is 59.6 Å². The molecule has 0 saturated carbocycles. The van der Waals surface area contributed by atoms with Gasteiger partial charge in [-0.3, -0.25) is 4.79 Å². The lowest BCUT2D eigenvalue weighted by atomic mass is 9.82. The molecule has 3 rings (SSSR count). The zero-order valence-corrected chi connectivity index (χ0v) is 16.9. The highest BCUT2D eigenvalue weighted by atomic mass is 32.1. The van der Waals surface area contributed by atoms with Crippen molar-refractivity contribution in [3.8, 4) is 0 Å². The molecule has 2 N–H and O–H groups in total.